The van der Waals surface area contributed by atoms with Crippen LogP contribution in [0.25, 0.3) is 0 Å². The van der Waals surface area contributed by atoms with Crippen molar-refractivity contribution < 1.29 is 17.1 Å². The van der Waals surface area contributed by atoms with Gasteiger partial charge in [-0.25, -0.2) is 0 Å². The van der Waals surface area contributed by atoms with Gasteiger partial charge in [0.15, 0.2) is 0 Å². The van der Waals surface area contributed by atoms with E-state index >= 15 is 0 Å². The summed E-state index contributed by atoms with van der Waals surface area (Å²) < 4.78 is 0. The molecule has 0 saturated heterocycles. The Hall–Kier alpha value is 0.949. The maximum absolute atomic E-state index is 2.62. The summed E-state index contributed by atoms with van der Waals surface area (Å²) in [5.41, 5.74) is 0. The van der Waals surface area contributed by atoms with Crippen LogP contribution in [0.1, 0.15) is 59.3 Å². The van der Waals surface area contributed by atoms with E-state index < -0.39 is 7.26 Å². The molecule has 97 valence electrons. The molecule has 15 heavy (non-hydrogen) atoms. The predicted octanol–water partition coefficient (Wildman–Crippen LogP) is 5.03. The van der Waals surface area contributed by atoms with Crippen molar-refractivity contribution in [2.45, 2.75) is 59.3 Å². The average Bonchev–Trinajstić information content (AvgIpc) is 2.21. The van der Waals surface area contributed by atoms with Crippen LogP contribution in [0.2, 0.25) is 0 Å². The summed E-state index contributed by atoms with van der Waals surface area (Å²) >= 11 is 0. The second-order valence-electron chi connectivity index (χ2n) is 4.85. The first kappa shape index (κ1) is 18.3. The van der Waals surface area contributed by atoms with Gasteiger partial charge >= 0.3 is 0 Å². The summed E-state index contributed by atoms with van der Waals surface area (Å²) in [7, 11) is -0.519. The molecule has 0 unspecified atom stereocenters. The molecule has 0 rings (SSSR count). The van der Waals surface area contributed by atoms with Gasteiger partial charge in [-0.3, -0.25) is 0 Å². The van der Waals surface area contributed by atoms with Gasteiger partial charge in [-0.05, 0) is 19.3 Å². The Balaban J connectivity index is 0. The minimum atomic E-state index is -0.519. The Labute approximate surface area is 109 Å². The quantitative estimate of drug-likeness (QED) is 0.410. The molecule has 0 heterocycles. The summed E-state index contributed by atoms with van der Waals surface area (Å²) in [6, 6.07) is 0. The van der Waals surface area contributed by atoms with Gasteiger partial charge in [0.25, 0.3) is 0 Å². The Morgan fingerprint density at radius 2 is 0.933 bits per heavy atom. The van der Waals surface area contributed by atoms with Crippen molar-refractivity contribution in [3.63, 3.8) is 0 Å². The SMILES string of the molecule is CCCC[P+](C)(CCCC)CCCC.[Cu]. The molecule has 0 amide bonds. The van der Waals surface area contributed by atoms with Crippen LogP contribution in [0.5, 0.6) is 0 Å². The molecule has 0 aromatic carbocycles. The first-order valence-corrected chi connectivity index (χ1v) is 9.31. The van der Waals surface area contributed by atoms with Crippen LogP contribution < -0.4 is 0 Å². The number of hydrogen-bond donors (Lipinski definition) is 0. The van der Waals surface area contributed by atoms with Crippen LogP contribution >= 0.6 is 7.26 Å². The van der Waals surface area contributed by atoms with Crippen molar-refractivity contribution in [3.05, 3.63) is 0 Å². The maximum atomic E-state index is 2.62. The minimum absolute atomic E-state index is 0. The molecule has 1 radical (unpaired) electrons. The molecule has 0 aliphatic rings. The standard InChI is InChI=1S/C13H30P.Cu/c1-5-8-11-14(4,12-9-6-2)13-10-7-3;/h5-13H2,1-4H3;/q+1;. The van der Waals surface area contributed by atoms with E-state index in [9.17, 15) is 0 Å². The zero-order valence-corrected chi connectivity index (χ0v) is 12.9. The molecule has 0 fully saturated rings. The fraction of sp³-hybridized carbons (Fsp3) is 1.00. The molecule has 2 heteroatoms. The third kappa shape index (κ3) is 9.85. The van der Waals surface area contributed by atoms with Crippen molar-refractivity contribution in [3.8, 4) is 0 Å². The number of hydrogen-bond acceptors (Lipinski definition) is 0. The van der Waals surface area contributed by atoms with E-state index in [0.717, 1.165) is 0 Å². The molecule has 0 bridgehead atoms. The topological polar surface area (TPSA) is 0 Å². The fourth-order valence-corrected chi connectivity index (χ4v) is 5.86. The molecule has 0 aliphatic heterocycles. The molecular formula is C13H30CuP+. The van der Waals surface area contributed by atoms with Crippen molar-refractivity contribution in [1.29, 1.82) is 0 Å². The Bertz CT molecular complexity index is 104. The largest absolute Gasteiger partial charge is 0.0652 e. The minimum Gasteiger partial charge on any atom is -0.0652 e. The average molecular weight is 281 g/mol. The molecule has 0 atom stereocenters. The van der Waals surface area contributed by atoms with E-state index in [1.165, 1.54) is 38.5 Å². The second-order valence-corrected chi connectivity index (χ2v) is 9.43. The summed E-state index contributed by atoms with van der Waals surface area (Å²) in [5.74, 6) is 0. The Morgan fingerprint density at radius 1 is 0.667 bits per heavy atom. The van der Waals surface area contributed by atoms with Gasteiger partial charge in [0, 0.05) is 31.0 Å². The van der Waals surface area contributed by atoms with Crippen LogP contribution in [-0.2, 0) is 17.1 Å². The first-order chi connectivity index (χ1) is 6.68. The number of rotatable bonds is 9. The van der Waals surface area contributed by atoms with Gasteiger partial charge in [0.05, 0.1) is 18.5 Å². The Morgan fingerprint density at radius 3 is 1.13 bits per heavy atom. The smallest absolute Gasteiger partial charge is 0.0591 e. The number of unbranched alkanes of at least 4 members (excludes halogenated alkanes) is 3. The van der Waals surface area contributed by atoms with Crippen LogP contribution in [0.3, 0.4) is 0 Å². The third-order valence-corrected chi connectivity index (χ3v) is 7.34. The molecule has 0 aromatic rings. The summed E-state index contributed by atoms with van der Waals surface area (Å²) in [4.78, 5) is 0. The molecule has 0 nitrogen and oxygen atoms in total. The van der Waals surface area contributed by atoms with E-state index in [2.05, 4.69) is 27.4 Å². The van der Waals surface area contributed by atoms with Crippen LogP contribution in [-0.4, -0.2) is 25.2 Å². The van der Waals surface area contributed by atoms with E-state index in [0.29, 0.717) is 0 Å². The van der Waals surface area contributed by atoms with Crippen molar-refractivity contribution >= 4 is 7.26 Å². The van der Waals surface area contributed by atoms with Crippen LogP contribution in [0, 0.1) is 0 Å². The van der Waals surface area contributed by atoms with Crippen molar-refractivity contribution in [2.24, 2.45) is 0 Å². The second kappa shape index (κ2) is 11.4. The molecule has 0 aliphatic carbocycles. The Kier molecular flexibility index (Phi) is 14.0. The van der Waals surface area contributed by atoms with Crippen LogP contribution in [0.15, 0.2) is 0 Å². The summed E-state index contributed by atoms with van der Waals surface area (Å²) in [6.45, 7) is 9.59. The van der Waals surface area contributed by atoms with Gasteiger partial charge in [-0.1, -0.05) is 40.0 Å². The molecular weight excluding hydrogens is 251 g/mol. The molecule has 0 spiro atoms. The van der Waals surface area contributed by atoms with E-state index in [1.807, 2.05) is 0 Å². The third-order valence-electron chi connectivity index (χ3n) is 3.15. The zero-order valence-electron chi connectivity index (χ0n) is 11.1. The van der Waals surface area contributed by atoms with Gasteiger partial charge in [-0.2, -0.15) is 0 Å². The van der Waals surface area contributed by atoms with Gasteiger partial charge in [0.1, 0.15) is 0 Å². The molecule has 0 N–H and O–H groups in total. The van der Waals surface area contributed by atoms with E-state index in [-0.39, 0.29) is 17.1 Å². The van der Waals surface area contributed by atoms with Gasteiger partial charge in [-0.15, -0.1) is 0 Å². The fourth-order valence-electron chi connectivity index (χ4n) is 1.95. The van der Waals surface area contributed by atoms with Gasteiger partial charge < -0.3 is 0 Å². The van der Waals surface area contributed by atoms with Gasteiger partial charge in [0.2, 0.25) is 0 Å². The molecule has 0 saturated carbocycles. The zero-order chi connectivity index (χ0) is 10.9. The normalized spacial score (nSPS) is 11.2. The van der Waals surface area contributed by atoms with E-state index in [4.69, 9.17) is 0 Å². The summed E-state index contributed by atoms with van der Waals surface area (Å²) in [6.07, 6.45) is 13.2. The molecule has 0 aromatic heterocycles. The van der Waals surface area contributed by atoms with E-state index in [1.54, 1.807) is 18.5 Å². The maximum Gasteiger partial charge on any atom is 0.0591 e. The monoisotopic (exact) mass is 280 g/mol. The first-order valence-electron chi connectivity index (χ1n) is 6.52. The summed E-state index contributed by atoms with van der Waals surface area (Å²) in [5, 5.41) is 0. The predicted molar refractivity (Wildman–Crippen MR) is 72.2 cm³/mol. The van der Waals surface area contributed by atoms with Crippen molar-refractivity contribution in [2.75, 3.05) is 25.2 Å². The van der Waals surface area contributed by atoms with Crippen LogP contribution in [0.4, 0.5) is 0 Å². The van der Waals surface area contributed by atoms with Crippen molar-refractivity contribution in [1.82, 2.24) is 0 Å².